The number of ketones is 1. The minimum absolute atomic E-state index is 0.0565. The molecule has 2 saturated carbocycles. The van der Waals surface area contributed by atoms with Crippen LogP contribution in [-0.4, -0.2) is 39.7 Å². The van der Waals surface area contributed by atoms with E-state index < -0.39 is 15.4 Å². The molecule has 0 amide bonds. The van der Waals surface area contributed by atoms with Crippen LogP contribution in [0.25, 0.3) is 0 Å². The predicted molar refractivity (Wildman–Crippen MR) is 90.7 cm³/mol. The van der Waals surface area contributed by atoms with Gasteiger partial charge in [0.15, 0.2) is 0 Å². The van der Waals surface area contributed by atoms with Gasteiger partial charge in [0.25, 0.3) is 0 Å². The first-order chi connectivity index (χ1) is 10.8. The quantitative estimate of drug-likeness (QED) is 0.618. The van der Waals surface area contributed by atoms with Gasteiger partial charge in [-0.05, 0) is 37.0 Å². The highest BCUT2D eigenvalue weighted by Crippen LogP contribution is 2.64. The molecule has 134 valence electrons. The fourth-order valence-corrected chi connectivity index (χ4v) is 6.12. The Balaban J connectivity index is 1.83. The Hall–Kier alpha value is -0.460. The molecule has 2 aliphatic rings. The summed E-state index contributed by atoms with van der Waals surface area (Å²) in [5.41, 5.74) is -0.886. The van der Waals surface area contributed by atoms with Gasteiger partial charge in [0, 0.05) is 31.6 Å². The summed E-state index contributed by atoms with van der Waals surface area (Å²) in [6.07, 6.45) is 5.03. The Kier molecular flexibility index (Phi) is 5.90. The summed E-state index contributed by atoms with van der Waals surface area (Å²) in [5.74, 6) is 0.433. The highest BCUT2D eigenvalue weighted by molar-refractivity contribution is 7.89. The minimum Gasteiger partial charge on any atom is -0.381 e. The summed E-state index contributed by atoms with van der Waals surface area (Å²) >= 11 is 0. The van der Waals surface area contributed by atoms with Gasteiger partial charge >= 0.3 is 0 Å². The number of fused-ring (bicyclic) bond motifs is 2. The van der Waals surface area contributed by atoms with Crippen LogP contribution in [0.5, 0.6) is 0 Å². The molecule has 0 saturated heterocycles. The van der Waals surface area contributed by atoms with Gasteiger partial charge in [0.05, 0.1) is 5.75 Å². The van der Waals surface area contributed by atoms with E-state index in [9.17, 15) is 13.2 Å². The molecule has 0 spiro atoms. The van der Waals surface area contributed by atoms with Crippen molar-refractivity contribution < 1.29 is 17.9 Å². The van der Waals surface area contributed by atoms with E-state index in [4.69, 9.17) is 4.74 Å². The smallest absolute Gasteiger partial charge is 0.212 e. The van der Waals surface area contributed by atoms with Gasteiger partial charge in [-0.15, -0.1) is 0 Å². The zero-order chi connectivity index (χ0) is 17.1. The van der Waals surface area contributed by atoms with E-state index in [1.165, 1.54) is 0 Å². The van der Waals surface area contributed by atoms with E-state index in [0.717, 1.165) is 25.9 Å². The number of carbonyl (C=O) groups is 1. The maximum atomic E-state index is 12.4. The summed E-state index contributed by atoms with van der Waals surface area (Å²) in [6.45, 7) is 7.91. The first-order valence-corrected chi connectivity index (χ1v) is 10.5. The Labute approximate surface area is 140 Å². The van der Waals surface area contributed by atoms with Crippen LogP contribution in [0.4, 0.5) is 0 Å². The van der Waals surface area contributed by atoms with Crippen molar-refractivity contribution in [1.82, 2.24) is 4.72 Å². The molecule has 0 aromatic heterocycles. The average Bonchev–Trinajstić information content (AvgIpc) is 2.80. The van der Waals surface area contributed by atoms with Crippen molar-refractivity contribution in [2.45, 2.75) is 59.3 Å². The van der Waals surface area contributed by atoms with Gasteiger partial charge < -0.3 is 4.74 Å². The Morgan fingerprint density at radius 3 is 2.52 bits per heavy atom. The van der Waals surface area contributed by atoms with Gasteiger partial charge in [0.1, 0.15) is 5.78 Å². The topological polar surface area (TPSA) is 72.5 Å². The van der Waals surface area contributed by atoms with E-state index in [1.54, 1.807) is 0 Å². The molecule has 23 heavy (non-hydrogen) atoms. The lowest BCUT2D eigenvalue weighted by atomic mass is 9.70. The first-order valence-electron chi connectivity index (χ1n) is 8.83. The molecule has 0 aromatic rings. The normalized spacial score (nSPS) is 29.3. The monoisotopic (exact) mass is 345 g/mol. The summed E-state index contributed by atoms with van der Waals surface area (Å²) < 4.78 is 33.0. The van der Waals surface area contributed by atoms with Crippen molar-refractivity contribution in [3.8, 4) is 0 Å². The molecule has 0 unspecified atom stereocenters. The number of carbonyl (C=O) groups excluding carboxylic acids is 1. The van der Waals surface area contributed by atoms with Crippen molar-refractivity contribution in [3.05, 3.63) is 0 Å². The van der Waals surface area contributed by atoms with E-state index in [0.29, 0.717) is 38.3 Å². The third-order valence-corrected chi connectivity index (χ3v) is 7.52. The summed E-state index contributed by atoms with van der Waals surface area (Å²) in [7, 11) is -3.44. The zero-order valence-corrected chi connectivity index (χ0v) is 15.5. The lowest BCUT2D eigenvalue weighted by Crippen LogP contribution is -2.45. The van der Waals surface area contributed by atoms with Crippen molar-refractivity contribution >= 4 is 15.8 Å². The summed E-state index contributed by atoms with van der Waals surface area (Å²) in [6, 6.07) is 0. The van der Waals surface area contributed by atoms with Crippen molar-refractivity contribution in [3.63, 3.8) is 0 Å². The third kappa shape index (κ3) is 3.80. The number of unbranched alkanes of at least 4 members (excludes halogenated alkanes) is 1. The number of hydrogen-bond acceptors (Lipinski definition) is 4. The van der Waals surface area contributed by atoms with E-state index >= 15 is 0 Å². The Morgan fingerprint density at radius 1 is 1.26 bits per heavy atom. The highest BCUT2D eigenvalue weighted by Gasteiger charge is 2.65. The van der Waals surface area contributed by atoms with Gasteiger partial charge in [-0.2, -0.15) is 0 Å². The van der Waals surface area contributed by atoms with Crippen molar-refractivity contribution in [1.29, 1.82) is 0 Å². The van der Waals surface area contributed by atoms with Crippen molar-refractivity contribution in [2.24, 2.45) is 16.7 Å². The number of nitrogens with one attached hydrogen (secondary N) is 1. The molecule has 2 aliphatic carbocycles. The predicted octanol–water partition coefficient (Wildman–Crippen LogP) is 2.51. The highest BCUT2D eigenvalue weighted by atomic mass is 32.2. The second kappa shape index (κ2) is 7.19. The van der Waals surface area contributed by atoms with Gasteiger partial charge in [-0.1, -0.05) is 27.2 Å². The van der Waals surface area contributed by atoms with Crippen LogP contribution in [0, 0.1) is 16.7 Å². The molecular weight excluding hydrogens is 314 g/mol. The fraction of sp³-hybridized carbons (Fsp3) is 0.941. The molecule has 0 heterocycles. The average molecular weight is 346 g/mol. The van der Waals surface area contributed by atoms with Gasteiger partial charge in [0.2, 0.25) is 10.0 Å². The van der Waals surface area contributed by atoms with Gasteiger partial charge in [-0.25, -0.2) is 13.1 Å². The molecule has 2 bridgehead atoms. The molecule has 5 nitrogen and oxygen atoms in total. The minimum atomic E-state index is -3.44. The second-order valence-electron chi connectivity index (χ2n) is 7.64. The van der Waals surface area contributed by atoms with Crippen LogP contribution in [0.1, 0.15) is 59.3 Å². The standard InChI is InChI=1S/C17H31NO4S/c1-4-5-10-22-11-6-9-18-23(20,21)13-17-8-7-14(12-15(17)19)16(17,2)3/h14,18H,4-13H2,1-3H3/t14-,17-/m0/s1. The molecule has 2 atom stereocenters. The number of sulfonamides is 1. The van der Waals surface area contributed by atoms with Crippen LogP contribution < -0.4 is 4.72 Å². The Morgan fingerprint density at radius 2 is 1.96 bits per heavy atom. The summed E-state index contributed by atoms with van der Waals surface area (Å²) in [4.78, 5) is 12.4. The van der Waals surface area contributed by atoms with Crippen LogP contribution in [-0.2, 0) is 19.6 Å². The van der Waals surface area contributed by atoms with Crippen molar-refractivity contribution in [2.75, 3.05) is 25.5 Å². The zero-order valence-electron chi connectivity index (χ0n) is 14.7. The van der Waals surface area contributed by atoms with E-state index in [-0.39, 0.29) is 17.0 Å². The molecule has 2 rings (SSSR count). The van der Waals surface area contributed by atoms with Crippen LogP contribution in [0.15, 0.2) is 0 Å². The van der Waals surface area contributed by atoms with E-state index in [2.05, 4.69) is 25.5 Å². The SMILES string of the molecule is CCCCOCCCNS(=O)(=O)C[C@@]12CC[C@@H](CC1=O)C2(C)C. The number of Topliss-reactive ketones (excluding diaryl/α,β-unsaturated/α-hetero) is 1. The maximum Gasteiger partial charge on any atom is 0.212 e. The van der Waals surface area contributed by atoms with Crippen LogP contribution in [0.2, 0.25) is 0 Å². The molecule has 0 radical (unpaired) electrons. The molecule has 2 fully saturated rings. The fourth-order valence-electron chi connectivity index (χ4n) is 4.23. The lowest BCUT2D eigenvalue weighted by Gasteiger charge is -2.36. The largest absolute Gasteiger partial charge is 0.381 e. The Bertz CT molecular complexity index is 529. The molecule has 1 N–H and O–H groups in total. The molecule has 6 heteroatoms. The maximum absolute atomic E-state index is 12.4. The molecule has 0 aliphatic heterocycles. The number of ether oxygens (including phenoxy) is 1. The third-order valence-electron chi connectivity index (χ3n) is 6.01. The van der Waals surface area contributed by atoms with E-state index in [1.807, 2.05) is 0 Å². The number of rotatable bonds is 10. The molecular formula is C17H31NO4S. The molecule has 0 aromatic carbocycles. The van der Waals surface area contributed by atoms with Gasteiger partial charge in [-0.3, -0.25) is 4.79 Å². The number of hydrogen-bond donors (Lipinski definition) is 1. The second-order valence-corrected chi connectivity index (χ2v) is 9.45. The summed E-state index contributed by atoms with van der Waals surface area (Å²) in [5, 5.41) is 0. The lowest BCUT2D eigenvalue weighted by molar-refractivity contribution is -0.128. The van der Waals surface area contributed by atoms with Crippen LogP contribution in [0.3, 0.4) is 0 Å². The first kappa shape index (κ1) is 18.9. The van der Waals surface area contributed by atoms with Crippen LogP contribution >= 0.6 is 0 Å².